The molecule has 0 radical (unpaired) electrons. The van der Waals surface area contributed by atoms with E-state index in [1.54, 1.807) is 12.1 Å². The molecule has 0 amide bonds. The third-order valence-corrected chi connectivity index (χ3v) is 2.57. The molecule has 82 valence electrons. The Hall–Kier alpha value is -1.29. The van der Waals surface area contributed by atoms with E-state index in [1.165, 1.54) is 6.26 Å². The van der Waals surface area contributed by atoms with Crippen LogP contribution in [0.25, 0.3) is 0 Å². The molecule has 4 nitrogen and oxygen atoms in total. The second-order valence-electron chi connectivity index (χ2n) is 3.79. The van der Waals surface area contributed by atoms with Crippen molar-refractivity contribution in [2.75, 3.05) is 19.7 Å². The maximum Gasteiger partial charge on any atom is 0.374 e. The minimum absolute atomic E-state index is 0.277. The van der Waals surface area contributed by atoms with Gasteiger partial charge < -0.3 is 14.5 Å². The topological polar surface area (TPSA) is 51.5 Å². The molecule has 4 heteroatoms. The molecule has 1 N–H and O–H groups in total. The second-order valence-corrected chi connectivity index (χ2v) is 3.79. The van der Waals surface area contributed by atoms with Crippen molar-refractivity contribution in [1.82, 2.24) is 5.32 Å². The molecule has 2 rings (SSSR count). The minimum Gasteiger partial charge on any atom is -0.459 e. The number of piperidine rings is 1. The molecule has 0 saturated carbocycles. The van der Waals surface area contributed by atoms with Crippen LogP contribution in [0.1, 0.15) is 23.4 Å². The first kappa shape index (κ1) is 10.2. The monoisotopic (exact) mass is 209 g/mol. The summed E-state index contributed by atoms with van der Waals surface area (Å²) in [6, 6.07) is 3.29. The zero-order chi connectivity index (χ0) is 10.5. The summed E-state index contributed by atoms with van der Waals surface area (Å²) in [5, 5.41) is 3.28. The van der Waals surface area contributed by atoms with Gasteiger partial charge in [0.1, 0.15) is 0 Å². The van der Waals surface area contributed by atoms with Gasteiger partial charge in [-0.25, -0.2) is 4.79 Å². The van der Waals surface area contributed by atoms with E-state index in [4.69, 9.17) is 9.15 Å². The van der Waals surface area contributed by atoms with Crippen LogP contribution in [0.15, 0.2) is 22.8 Å². The van der Waals surface area contributed by atoms with Crippen LogP contribution in [0, 0.1) is 5.92 Å². The van der Waals surface area contributed by atoms with Crippen LogP contribution in [0.5, 0.6) is 0 Å². The zero-order valence-electron chi connectivity index (χ0n) is 8.57. The molecular weight excluding hydrogens is 194 g/mol. The predicted octanol–water partition coefficient (Wildman–Crippen LogP) is 1.44. The Kier molecular flexibility index (Phi) is 3.40. The molecule has 1 fully saturated rings. The van der Waals surface area contributed by atoms with Crippen LogP contribution >= 0.6 is 0 Å². The molecule has 0 bridgehead atoms. The fraction of sp³-hybridized carbons (Fsp3) is 0.545. The normalized spacial score (nSPS) is 21.2. The quantitative estimate of drug-likeness (QED) is 0.765. The van der Waals surface area contributed by atoms with E-state index in [2.05, 4.69) is 5.32 Å². The Bertz CT molecular complexity index is 302. The van der Waals surface area contributed by atoms with Gasteiger partial charge in [0.25, 0.3) is 0 Å². The molecule has 1 aliphatic rings. The van der Waals surface area contributed by atoms with Gasteiger partial charge in [0.15, 0.2) is 0 Å². The summed E-state index contributed by atoms with van der Waals surface area (Å²) in [5.74, 6) is 0.349. The Morgan fingerprint density at radius 2 is 2.60 bits per heavy atom. The number of esters is 1. The molecule has 0 spiro atoms. The van der Waals surface area contributed by atoms with Gasteiger partial charge in [-0.3, -0.25) is 0 Å². The number of hydrogen-bond donors (Lipinski definition) is 1. The largest absolute Gasteiger partial charge is 0.459 e. The highest BCUT2D eigenvalue weighted by Gasteiger charge is 2.16. The Labute approximate surface area is 88.6 Å². The van der Waals surface area contributed by atoms with Crippen molar-refractivity contribution in [3.63, 3.8) is 0 Å². The Balaban J connectivity index is 1.75. The highest BCUT2D eigenvalue weighted by molar-refractivity contribution is 5.86. The smallest absolute Gasteiger partial charge is 0.374 e. The summed E-state index contributed by atoms with van der Waals surface area (Å²) >= 11 is 0. The number of carbonyl (C=O) groups is 1. The second kappa shape index (κ2) is 4.98. The van der Waals surface area contributed by atoms with Gasteiger partial charge in [-0.1, -0.05) is 0 Å². The van der Waals surface area contributed by atoms with Gasteiger partial charge >= 0.3 is 5.97 Å². The number of hydrogen-bond acceptors (Lipinski definition) is 4. The van der Waals surface area contributed by atoms with Crippen LogP contribution in [0.2, 0.25) is 0 Å². The number of nitrogens with one attached hydrogen (secondary N) is 1. The molecule has 1 saturated heterocycles. The van der Waals surface area contributed by atoms with E-state index >= 15 is 0 Å². The summed E-state index contributed by atoms with van der Waals surface area (Å²) in [6.07, 6.45) is 3.75. The fourth-order valence-corrected chi connectivity index (χ4v) is 1.73. The SMILES string of the molecule is O=C(OCC1CCCNC1)c1ccco1. The molecule has 1 aromatic heterocycles. The molecule has 1 aromatic rings. The lowest BCUT2D eigenvalue weighted by molar-refractivity contribution is 0.0385. The van der Waals surface area contributed by atoms with Gasteiger partial charge in [0.05, 0.1) is 12.9 Å². The minimum atomic E-state index is -0.370. The van der Waals surface area contributed by atoms with E-state index < -0.39 is 0 Å². The van der Waals surface area contributed by atoms with Crippen molar-refractivity contribution in [3.8, 4) is 0 Å². The van der Waals surface area contributed by atoms with Crippen LogP contribution in [0.3, 0.4) is 0 Å². The van der Waals surface area contributed by atoms with E-state index in [0.717, 1.165) is 25.9 Å². The predicted molar refractivity (Wildman–Crippen MR) is 54.6 cm³/mol. The van der Waals surface area contributed by atoms with E-state index in [0.29, 0.717) is 12.5 Å². The van der Waals surface area contributed by atoms with Gasteiger partial charge in [0, 0.05) is 12.5 Å². The summed E-state index contributed by atoms with van der Waals surface area (Å²) in [5.41, 5.74) is 0. The lowest BCUT2D eigenvalue weighted by atomic mass is 10.0. The van der Waals surface area contributed by atoms with Crippen molar-refractivity contribution >= 4 is 5.97 Å². The van der Waals surface area contributed by atoms with Crippen LogP contribution in [-0.4, -0.2) is 25.7 Å². The van der Waals surface area contributed by atoms with Gasteiger partial charge in [-0.05, 0) is 31.5 Å². The van der Waals surface area contributed by atoms with Crippen LogP contribution in [-0.2, 0) is 4.74 Å². The highest BCUT2D eigenvalue weighted by Crippen LogP contribution is 2.11. The lowest BCUT2D eigenvalue weighted by Crippen LogP contribution is -2.32. The Morgan fingerprint density at radius 3 is 3.27 bits per heavy atom. The molecule has 0 aromatic carbocycles. The summed E-state index contributed by atoms with van der Waals surface area (Å²) in [4.78, 5) is 11.4. The molecule has 1 aliphatic heterocycles. The fourth-order valence-electron chi connectivity index (χ4n) is 1.73. The van der Waals surface area contributed by atoms with Crippen molar-refractivity contribution in [2.24, 2.45) is 5.92 Å². The maximum atomic E-state index is 11.4. The maximum absolute atomic E-state index is 11.4. The lowest BCUT2D eigenvalue weighted by Gasteiger charge is -2.21. The van der Waals surface area contributed by atoms with Crippen molar-refractivity contribution in [2.45, 2.75) is 12.8 Å². The molecule has 1 unspecified atom stereocenters. The average molecular weight is 209 g/mol. The van der Waals surface area contributed by atoms with Gasteiger partial charge in [-0.2, -0.15) is 0 Å². The molecule has 0 aliphatic carbocycles. The third-order valence-electron chi connectivity index (χ3n) is 2.57. The number of rotatable bonds is 3. The Morgan fingerprint density at radius 1 is 1.67 bits per heavy atom. The van der Waals surface area contributed by atoms with E-state index in [9.17, 15) is 4.79 Å². The van der Waals surface area contributed by atoms with Crippen molar-refractivity contribution in [3.05, 3.63) is 24.2 Å². The first-order chi connectivity index (χ1) is 7.36. The molecule has 2 heterocycles. The summed E-state index contributed by atoms with van der Waals surface area (Å²) < 4.78 is 10.1. The zero-order valence-corrected chi connectivity index (χ0v) is 8.57. The van der Waals surface area contributed by atoms with Crippen LogP contribution < -0.4 is 5.32 Å². The molecule has 1 atom stereocenters. The van der Waals surface area contributed by atoms with Gasteiger partial charge in [0.2, 0.25) is 5.76 Å². The van der Waals surface area contributed by atoms with E-state index in [-0.39, 0.29) is 11.7 Å². The summed E-state index contributed by atoms with van der Waals surface area (Å²) in [7, 11) is 0. The number of carbonyl (C=O) groups excluding carboxylic acids is 1. The van der Waals surface area contributed by atoms with Gasteiger partial charge in [-0.15, -0.1) is 0 Å². The first-order valence-corrected chi connectivity index (χ1v) is 5.27. The average Bonchev–Trinajstić information content (AvgIpc) is 2.81. The highest BCUT2D eigenvalue weighted by atomic mass is 16.5. The standard InChI is InChI=1S/C11H15NO3/c13-11(10-4-2-6-14-10)15-8-9-3-1-5-12-7-9/h2,4,6,9,12H,1,3,5,7-8H2. The first-order valence-electron chi connectivity index (χ1n) is 5.27. The number of furan rings is 1. The summed E-state index contributed by atoms with van der Waals surface area (Å²) in [6.45, 7) is 2.49. The van der Waals surface area contributed by atoms with Crippen molar-refractivity contribution < 1.29 is 13.9 Å². The number of ether oxygens (including phenoxy) is 1. The third kappa shape index (κ3) is 2.83. The molecule has 15 heavy (non-hydrogen) atoms. The van der Waals surface area contributed by atoms with Crippen LogP contribution in [0.4, 0.5) is 0 Å². The van der Waals surface area contributed by atoms with E-state index in [1.807, 2.05) is 0 Å². The molecular formula is C11H15NO3. The van der Waals surface area contributed by atoms with Crippen molar-refractivity contribution in [1.29, 1.82) is 0 Å².